The van der Waals surface area contributed by atoms with Gasteiger partial charge in [-0.1, -0.05) is 88.2 Å². The zero-order chi connectivity index (χ0) is 27.1. The van der Waals surface area contributed by atoms with Crippen LogP contribution in [-0.4, -0.2) is 34.7 Å². The number of ketones is 1. The van der Waals surface area contributed by atoms with E-state index in [1.807, 2.05) is 77.8 Å². The van der Waals surface area contributed by atoms with Crippen LogP contribution in [0.5, 0.6) is 5.75 Å². The lowest BCUT2D eigenvalue weighted by molar-refractivity contribution is -0.00455. The van der Waals surface area contributed by atoms with Gasteiger partial charge in [-0.15, -0.1) is 0 Å². The van der Waals surface area contributed by atoms with Gasteiger partial charge < -0.3 is 10.1 Å². The van der Waals surface area contributed by atoms with E-state index in [4.69, 9.17) is 9.84 Å². The van der Waals surface area contributed by atoms with Gasteiger partial charge in [-0.3, -0.25) is 9.59 Å². The number of carbonyl (C=O) groups excluding carboxylic acids is 2. The molecule has 0 aromatic heterocycles. The SMILES string of the molecule is CC(C)(C)c1ccc(C(=O)C2Oc3ccccc3C3CC(c4ccc(C(=O)NC5CCCC5)cc4)=NN23)cc1. The van der Waals surface area contributed by atoms with E-state index >= 15 is 0 Å². The molecule has 2 aliphatic heterocycles. The van der Waals surface area contributed by atoms with Crippen molar-refractivity contribution in [1.29, 1.82) is 0 Å². The molecule has 39 heavy (non-hydrogen) atoms. The van der Waals surface area contributed by atoms with Crippen molar-refractivity contribution in [3.63, 3.8) is 0 Å². The van der Waals surface area contributed by atoms with Crippen LogP contribution < -0.4 is 10.1 Å². The van der Waals surface area contributed by atoms with Gasteiger partial charge in [0.15, 0.2) is 0 Å². The molecule has 3 aromatic rings. The predicted octanol–water partition coefficient (Wildman–Crippen LogP) is 6.41. The molecule has 6 nitrogen and oxygen atoms in total. The van der Waals surface area contributed by atoms with Crippen molar-refractivity contribution in [3.05, 3.63) is 101 Å². The highest BCUT2D eigenvalue weighted by Crippen LogP contribution is 2.43. The lowest BCUT2D eigenvalue weighted by Crippen LogP contribution is -2.45. The van der Waals surface area contributed by atoms with E-state index in [2.05, 4.69) is 26.1 Å². The van der Waals surface area contributed by atoms with Crippen molar-refractivity contribution in [2.24, 2.45) is 5.10 Å². The van der Waals surface area contributed by atoms with Crippen molar-refractivity contribution in [3.8, 4) is 5.75 Å². The Morgan fingerprint density at radius 2 is 1.56 bits per heavy atom. The number of hydrogen-bond acceptors (Lipinski definition) is 5. The quantitative estimate of drug-likeness (QED) is 0.394. The standard InChI is InChI=1S/C33H35N3O3/c1-33(2,3)24-18-16-22(17-19-24)30(37)32-36-28(26-10-6-7-11-29(26)39-32)20-27(35-36)21-12-14-23(15-13-21)31(38)34-25-8-4-5-9-25/h6-7,10-19,25,28,32H,4-5,8-9,20H2,1-3H3,(H,34,38). The largest absolute Gasteiger partial charge is 0.461 e. The first kappa shape index (κ1) is 25.4. The summed E-state index contributed by atoms with van der Waals surface area (Å²) < 4.78 is 6.27. The van der Waals surface area contributed by atoms with E-state index in [-0.39, 0.29) is 29.2 Å². The van der Waals surface area contributed by atoms with Crippen LogP contribution in [0.1, 0.15) is 96.3 Å². The molecule has 6 heteroatoms. The number of Topliss-reactive ketones (excluding diaryl/α,β-unsaturated/α-hetero) is 1. The number of hydrogen-bond donors (Lipinski definition) is 1. The first-order chi connectivity index (χ1) is 18.8. The summed E-state index contributed by atoms with van der Waals surface area (Å²) >= 11 is 0. The van der Waals surface area contributed by atoms with Crippen molar-refractivity contribution < 1.29 is 14.3 Å². The fourth-order valence-electron chi connectivity index (χ4n) is 5.81. The van der Waals surface area contributed by atoms with E-state index in [0.717, 1.165) is 35.4 Å². The smallest absolute Gasteiger partial charge is 0.251 e. The molecule has 1 aliphatic carbocycles. The number of benzene rings is 3. The molecule has 1 saturated carbocycles. The highest BCUT2D eigenvalue weighted by molar-refractivity contribution is 6.04. The molecule has 1 fully saturated rings. The number of hydrazone groups is 1. The van der Waals surface area contributed by atoms with Gasteiger partial charge in [-0.25, -0.2) is 5.01 Å². The van der Waals surface area contributed by atoms with Crippen LogP contribution in [0.15, 0.2) is 77.9 Å². The van der Waals surface area contributed by atoms with E-state index in [0.29, 0.717) is 17.5 Å². The molecule has 2 heterocycles. The van der Waals surface area contributed by atoms with Crippen molar-refractivity contribution in [2.75, 3.05) is 0 Å². The van der Waals surface area contributed by atoms with Gasteiger partial charge in [0.1, 0.15) is 5.75 Å². The van der Waals surface area contributed by atoms with Crippen LogP contribution in [0.3, 0.4) is 0 Å². The van der Waals surface area contributed by atoms with Gasteiger partial charge >= 0.3 is 0 Å². The van der Waals surface area contributed by atoms with Crippen LogP contribution in [-0.2, 0) is 5.41 Å². The number of ether oxygens (including phenoxy) is 1. The molecule has 0 spiro atoms. The maximum atomic E-state index is 13.7. The van der Waals surface area contributed by atoms with Crippen molar-refractivity contribution in [1.82, 2.24) is 10.3 Å². The summed E-state index contributed by atoms with van der Waals surface area (Å²) in [6.45, 7) is 6.47. The molecule has 0 radical (unpaired) electrons. The summed E-state index contributed by atoms with van der Waals surface area (Å²) in [4.78, 5) is 26.4. The minimum atomic E-state index is -0.848. The lowest BCUT2D eigenvalue weighted by Gasteiger charge is -2.37. The molecule has 3 aromatic carbocycles. The fourth-order valence-corrected chi connectivity index (χ4v) is 5.81. The van der Waals surface area contributed by atoms with E-state index in [9.17, 15) is 9.59 Å². The minimum Gasteiger partial charge on any atom is -0.461 e. The van der Waals surface area contributed by atoms with Crippen molar-refractivity contribution >= 4 is 17.4 Å². The Morgan fingerprint density at radius 1 is 0.897 bits per heavy atom. The predicted molar refractivity (Wildman–Crippen MR) is 152 cm³/mol. The number of nitrogens with one attached hydrogen (secondary N) is 1. The number of carbonyl (C=O) groups is 2. The molecule has 2 atom stereocenters. The van der Waals surface area contributed by atoms with Crippen LogP contribution in [0.4, 0.5) is 0 Å². The Balaban J connectivity index is 1.26. The Morgan fingerprint density at radius 3 is 2.26 bits per heavy atom. The topological polar surface area (TPSA) is 71.0 Å². The van der Waals surface area contributed by atoms with Gasteiger partial charge in [-0.2, -0.15) is 5.10 Å². The summed E-state index contributed by atoms with van der Waals surface area (Å²) in [5.74, 6) is 0.586. The molecule has 0 bridgehead atoms. The second kappa shape index (κ2) is 9.99. The molecule has 1 N–H and O–H groups in total. The van der Waals surface area contributed by atoms with Gasteiger partial charge in [0, 0.05) is 29.2 Å². The Labute approximate surface area is 230 Å². The molecular weight excluding hydrogens is 486 g/mol. The summed E-state index contributed by atoms with van der Waals surface area (Å²) in [5.41, 5.74) is 5.29. The minimum absolute atomic E-state index is 0.00776. The van der Waals surface area contributed by atoms with Gasteiger partial charge in [0.25, 0.3) is 12.1 Å². The zero-order valence-electron chi connectivity index (χ0n) is 22.8. The third-order valence-electron chi connectivity index (χ3n) is 8.13. The van der Waals surface area contributed by atoms with Gasteiger partial charge in [0.2, 0.25) is 5.78 Å². The molecule has 200 valence electrons. The van der Waals surface area contributed by atoms with Gasteiger partial charge in [-0.05, 0) is 47.6 Å². The maximum absolute atomic E-state index is 13.7. The first-order valence-electron chi connectivity index (χ1n) is 14.0. The third kappa shape index (κ3) is 4.96. The van der Waals surface area contributed by atoms with Crippen LogP contribution in [0, 0.1) is 0 Å². The molecule has 0 saturated heterocycles. The van der Waals surface area contributed by atoms with Crippen LogP contribution >= 0.6 is 0 Å². The zero-order valence-corrected chi connectivity index (χ0v) is 22.8. The lowest BCUT2D eigenvalue weighted by atomic mass is 9.86. The monoisotopic (exact) mass is 521 g/mol. The average molecular weight is 522 g/mol. The number of nitrogens with zero attached hydrogens (tertiary/aromatic N) is 2. The Bertz CT molecular complexity index is 1410. The summed E-state index contributed by atoms with van der Waals surface area (Å²) in [5, 5.41) is 9.89. The van der Waals surface area contributed by atoms with Gasteiger partial charge in [0.05, 0.1) is 11.8 Å². The summed E-state index contributed by atoms with van der Waals surface area (Å²) in [7, 11) is 0. The van der Waals surface area contributed by atoms with E-state index in [1.165, 1.54) is 18.4 Å². The second-order valence-corrected chi connectivity index (χ2v) is 11.9. The number of fused-ring (bicyclic) bond motifs is 3. The van der Waals surface area contributed by atoms with Crippen LogP contribution in [0.25, 0.3) is 0 Å². The fraction of sp³-hybridized carbons (Fsp3) is 0.364. The second-order valence-electron chi connectivity index (χ2n) is 11.9. The highest BCUT2D eigenvalue weighted by atomic mass is 16.5. The normalized spacial score (nSPS) is 20.6. The number of rotatable bonds is 5. The molecule has 2 unspecified atom stereocenters. The summed E-state index contributed by atoms with van der Waals surface area (Å²) in [6.07, 6.45) is 4.28. The molecule has 3 aliphatic rings. The Kier molecular flexibility index (Phi) is 6.49. The van der Waals surface area contributed by atoms with E-state index < -0.39 is 6.23 Å². The average Bonchev–Trinajstić information content (AvgIpc) is 3.62. The maximum Gasteiger partial charge on any atom is 0.251 e. The summed E-state index contributed by atoms with van der Waals surface area (Å²) in [6, 6.07) is 23.5. The highest BCUT2D eigenvalue weighted by Gasteiger charge is 2.43. The molecule has 1 amide bonds. The third-order valence-corrected chi connectivity index (χ3v) is 8.13. The first-order valence-corrected chi connectivity index (χ1v) is 14.0. The van der Waals surface area contributed by atoms with Crippen molar-refractivity contribution in [2.45, 2.75) is 76.6 Å². The molecular formula is C33H35N3O3. The van der Waals surface area contributed by atoms with E-state index in [1.54, 1.807) is 0 Å². The number of para-hydroxylation sites is 1. The number of amides is 1. The van der Waals surface area contributed by atoms with Crippen LogP contribution in [0.2, 0.25) is 0 Å². The Hall–Kier alpha value is -3.93. The molecule has 6 rings (SSSR count).